The highest BCUT2D eigenvalue weighted by Crippen LogP contribution is 2.37. The SMILES string of the molecule is C=CC(=O)N1C[C@@H]2C[C@H]1CN2c1nc2c(Nc3ccc(OC[C@@H]4CCCO4)c(F)c3F)ncnc2cc1F. The molecule has 1 aromatic carbocycles. The summed E-state index contributed by atoms with van der Waals surface area (Å²) in [4.78, 5) is 28.4. The van der Waals surface area contributed by atoms with Crippen LogP contribution in [0.25, 0.3) is 11.0 Å². The van der Waals surface area contributed by atoms with Crippen molar-refractivity contribution in [1.82, 2.24) is 19.9 Å². The van der Waals surface area contributed by atoms with Gasteiger partial charge >= 0.3 is 0 Å². The lowest BCUT2D eigenvalue weighted by Gasteiger charge is -2.34. The number of anilines is 3. The van der Waals surface area contributed by atoms with E-state index < -0.39 is 17.5 Å². The Balaban J connectivity index is 1.25. The Bertz CT molecular complexity index is 1420. The molecule has 6 rings (SSSR count). The van der Waals surface area contributed by atoms with Gasteiger partial charge in [0.25, 0.3) is 0 Å². The predicted octanol–water partition coefficient (Wildman–Crippen LogP) is 3.72. The number of piperazine rings is 1. The van der Waals surface area contributed by atoms with Gasteiger partial charge in [-0.1, -0.05) is 6.58 Å². The topological polar surface area (TPSA) is 92.7 Å². The summed E-state index contributed by atoms with van der Waals surface area (Å²) in [6, 6.07) is 3.74. The van der Waals surface area contributed by atoms with Gasteiger partial charge in [-0.25, -0.2) is 23.7 Å². The number of likely N-dealkylation sites (tertiary alicyclic amines) is 1. The number of fused-ring (bicyclic) bond motifs is 3. The van der Waals surface area contributed by atoms with Gasteiger partial charge in [0.05, 0.1) is 29.4 Å². The standard InChI is InChI=1S/C26H25F3N6O3/c1-2-21(36)34-10-15-8-14(34)11-35(15)26-17(27)9-19-24(33-26)25(31-13-30-19)32-18-5-6-20(23(29)22(18)28)38-12-16-4-3-7-37-16/h2,5-6,9,13-16H,1,3-4,7-8,10-12H2,(H,30,31,32)/t14-,15-,16-/m0/s1. The number of carbonyl (C=O) groups excluding carboxylic acids is 1. The third-order valence-electron chi connectivity index (χ3n) is 7.26. The molecule has 3 atom stereocenters. The largest absolute Gasteiger partial charge is 0.488 e. The second kappa shape index (κ2) is 9.75. The summed E-state index contributed by atoms with van der Waals surface area (Å²) >= 11 is 0. The van der Waals surface area contributed by atoms with Crippen LogP contribution in [0.3, 0.4) is 0 Å². The Labute approximate surface area is 216 Å². The van der Waals surface area contributed by atoms with Gasteiger partial charge in [0.2, 0.25) is 11.7 Å². The number of pyridine rings is 1. The molecule has 0 radical (unpaired) electrons. The smallest absolute Gasteiger partial charge is 0.246 e. The molecule has 3 aliphatic heterocycles. The molecule has 0 unspecified atom stereocenters. The summed E-state index contributed by atoms with van der Waals surface area (Å²) < 4.78 is 55.7. The molecule has 0 aliphatic carbocycles. The van der Waals surface area contributed by atoms with Crippen LogP contribution in [0, 0.1) is 17.5 Å². The molecule has 198 valence electrons. The highest BCUT2D eigenvalue weighted by atomic mass is 19.2. The molecule has 5 heterocycles. The average molecular weight is 527 g/mol. The molecule has 12 heteroatoms. The Morgan fingerprint density at radius 2 is 2.08 bits per heavy atom. The zero-order valence-electron chi connectivity index (χ0n) is 20.4. The third-order valence-corrected chi connectivity index (χ3v) is 7.26. The van der Waals surface area contributed by atoms with E-state index in [0.29, 0.717) is 26.1 Å². The van der Waals surface area contributed by atoms with Crippen LogP contribution in [-0.2, 0) is 9.53 Å². The fourth-order valence-corrected chi connectivity index (χ4v) is 5.38. The van der Waals surface area contributed by atoms with Crippen LogP contribution < -0.4 is 15.0 Å². The molecule has 38 heavy (non-hydrogen) atoms. The molecule has 3 aliphatic rings. The van der Waals surface area contributed by atoms with E-state index in [-0.39, 0.29) is 64.8 Å². The highest BCUT2D eigenvalue weighted by Gasteiger charge is 2.46. The molecule has 3 aromatic rings. The van der Waals surface area contributed by atoms with Crippen molar-refractivity contribution < 1.29 is 27.4 Å². The van der Waals surface area contributed by atoms with Crippen LogP contribution in [0.2, 0.25) is 0 Å². The maximum absolute atomic E-state index is 15.1. The minimum Gasteiger partial charge on any atom is -0.488 e. The van der Waals surface area contributed by atoms with Crippen LogP contribution in [0.5, 0.6) is 5.75 Å². The predicted molar refractivity (Wildman–Crippen MR) is 133 cm³/mol. The number of halogens is 3. The van der Waals surface area contributed by atoms with Crippen LogP contribution >= 0.6 is 0 Å². The van der Waals surface area contributed by atoms with Gasteiger partial charge in [-0.2, -0.15) is 4.39 Å². The molecule has 0 spiro atoms. The summed E-state index contributed by atoms with van der Waals surface area (Å²) in [6.07, 6.45) is 4.74. The second-order valence-electron chi connectivity index (χ2n) is 9.58. The molecule has 1 amide bonds. The quantitative estimate of drug-likeness (QED) is 0.466. The van der Waals surface area contributed by atoms with E-state index in [9.17, 15) is 13.6 Å². The summed E-state index contributed by atoms with van der Waals surface area (Å²) in [7, 11) is 0. The molecule has 9 nitrogen and oxygen atoms in total. The monoisotopic (exact) mass is 526 g/mol. The van der Waals surface area contributed by atoms with Gasteiger partial charge in [-0.3, -0.25) is 4.79 Å². The number of ether oxygens (including phenoxy) is 2. The summed E-state index contributed by atoms with van der Waals surface area (Å²) in [6.45, 7) is 5.17. The Kier molecular flexibility index (Phi) is 6.26. The van der Waals surface area contributed by atoms with Gasteiger partial charge < -0.3 is 24.6 Å². The van der Waals surface area contributed by atoms with Crippen molar-refractivity contribution in [3.8, 4) is 5.75 Å². The van der Waals surface area contributed by atoms with Crippen molar-refractivity contribution in [3.63, 3.8) is 0 Å². The van der Waals surface area contributed by atoms with Crippen LogP contribution in [0.15, 0.2) is 37.2 Å². The zero-order valence-corrected chi connectivity index (χ0v) is 20.4. The first-order valence-corrected chi connectivity index (χ1v) is 12.4. The van der Waals surface area contributed by atoms with E-state index in [2.05, 4.69) is 26.8 Å². The summed E-state index contributed by atoms with van der Waals surface area (Å²) in [5.74, 6) is -3.03. The van der Waals surface area contributed by atoms with Crippen molar-refractivity contribution in [1.29, 1.82) is 0 Å². The number of benzene rings is 1. The van der Waals surface area contributed by atoms with Gasteiger partial charge in [0.15, 0.2) is 29.0 Å². The summed E-state index contributed by atoms with van der Waals surface area (Å²) in [5, 5.41) is 2.77. The molecule has 2 bridgehead atoms. The zero-order chi connectivity index (χ0) is 26.4. The first kappa shape index (κ1) is 24.4. The highest BCUT2D eigenvalue weighted by molar-refractivity contribution is 5.89. The number of rotatable bonds is 7. The van der Waals surface area contributed by atoms with Gasteiger partial charge in [-0.15, -0.1) is 0 Å². The molecule has 3 fully saturated rings. The van der Waals surface area contributed by atoms with Gasteiger partial charge in [0.1, 0.15) is 18.5 Å². The van der Waals surface area contributed by atoms with Crippen molar-refractivity contribution in [2.75, 3.05) is 36.5 Å². The van der Waals surface area contributed by atoms with E-state index in [1.54, 1.807) is 4.90 Å². The van der Waals surface area contributed by atoms with E-state index in [4.69, 9.17) is 9.47 Å². The maximum atomic E-state index is 15.1. The maximum Gasteiger partial charge on any atom is 0.246 e. The van der Waals surface area contributed by atoms with Gasteiger partial charge in [0, 0.05) is 25.8 Å². The third kappa shape index (κ3) is 4.28. The first-order chi connectivity index (χ1) is 18.4. The van der Waals surface area contributed by atoms with E-state index >= 15 is 4.39 Å². The number of aromatic nitrogens is 3. The van der Waals surface area contributed by atoms with Crippen molar-refractivity contribution in [2.24, 2.45) is 0 Å². The molecule has 3 saturated heterocycles. The number of hydrogen-bond donors (Lipinski definition) is 1. The Morgan fingerprint density at radius 1 is 1.21 bits per heavy atom. The minimum absolute atomic E-state index is 0.0648. The lowest BCUT2D eigenvalue weighted by atomic mass is 10.2. The van der Waals surface area contributed by atoms with Crippen LogP contribution in [0.1, 0.15) is 19.3 Å². The number of amides is 1. The first-order valence-electron chi connectivity index (χ1n) is 12.4. The number of carbonyl (C=O) groups is 1. The van der Waals surface area contributed by atoms with Crippen LogP contribution in [0.4, 0.5) is 30.5 Å². The van der Waals surface area contributed by atoms with E-state index in [1.165, 1.54) is 30.6 Å². The summed E-state index contributed by atoms with van der Waals surface area (Å²) in [5.41, 5.74) is 0.219. The molecular formula is C26H25F3N6O3. The number of nitrogens with zero attached hydrogens (tertiary/aromatic N) is 5. The van der Waals surface area contributed by atoms with Crippen molar-refractivity contribution in [3.05, 3.63) is 54.6 Å². The van der Waals surface area contributed by atoms with E-state index in [0.717, 1.165) is 12.8 Å². The molecule has 0 saturated carbocycles. The van der Waals surface area contributed by atoms with Crippen LogP contribution in [-0.4, -0.2) is 70.2 Å². The van der Waals surface area contributed by atoms with E-state index in [1.807, 2.05) is 4.90 Å². The molecule has 1 N–H and O–H groups in total. The fourth-order valence-electron chi connectivity index (χ4n) is 5.38. The van der Waals surface area contributed by atoms with Crippen molar-refractivity contribution in [2.45, 2.75) is 37.5 Å². The lowest BCUT2D eigenvalue weighted by Crippen LogP contribution is -2.48. The minimum atomic E-state index is -1.15. The fraction of sp³-hybridized carbons (Fsp3) is 0.385. The number of hydrogen-bond acceptors (Lipinski definition) is 8. The average Bonchev–Trinajstić information content (AvgIpc) is 3.68. The Morgan fingerprint density at radius 3 is 2.82 bits per heavy atom. The lowest BCUT2D eigenvalue weighted by molar-refractivity contribution is -0.127. The molecular weight excluding hydrogens is 501 g/mol. The Hall–Kier alpha value is -3.93. The molecule has 2 aromatic heterocycles. The normalized spacial score (nSPS) is 22.3. The second-order valence-corrected chi connectivity index (χ2v) is 9.58. The van der Waals surface area contributed by atoms with Gasteiger partial charge in [-0.05, 0) is 37.5 Å². The number of nitrogens with one attached hydrogen (secondary N) is 1. The van der Waals surface area contributed by atoms with Crippen molar-refractivity contribution >= 4 is 34.3 Å².